The molecule has 3 N–H and O–H groups in total. The lowest BCUT2D eigenvalue weighted by atomic mass is 10.2. The minimum absolute atomic E-state index is 0.0156. The van der Waals surface area contributed by atoms with E-state index in [1.807, 2.05) is 0 Å². The van der Waals surface area contributed by atoms with Crippen LogP contribution in [0.2, 0.25) is 0 Å². The van der Waals surface area contributed by atoms with Crippen molar-refractivity contribution in [3.8, 4) is 0 Å². The second kappa shape index (κ2) is 5.20. The number of carboxylic acid groups (broad SMARTS) is 1. The first-order chi connectivity index (χ1) is 9.40. The van der Waals surface area contributed by atoms with Gasteiger partial charge in [-0.25, -0.2) is 9.59 Å². The highest BCUT2D eigenvalue weighted by atomic mass is 16.4. The molecule has 0 unspecified atom stereocenters. The number of fused-ring (bicyclic) bond motifs is 1. The summed E-state index contributed by atoms with van der Waals surface area (Å²) in [6, 6.07) is 4.48. The van der Waals surface area contributed by atoms with Crippen molar-refractivity contribution in [2.45, 2.75) is 26.4 Å². The summed E-state index contributed by atoms with van der Waals surface area (Å²) in [4.78, 5) is 37.4. The smallest absolute Gasteiger partial charge is 0.337 e. The number of aromatic carboxylic acids is 1. The Kier molecular flexibility index (Phi) is 3.60. The van der Waals surface area contributed by atoms with E-state index in [1.54, 1.807) is 26.0 Å². The third kappa shape index (κ3) is 2.56. The van der Waals surface area contributed by atoms with Gasteiger partial charge in [-0.2, -0.15) is 0 Å². The molecule has 1 aromatic heterocycles. The van der Waals surface area contributed by atoms with Gasteiger partial charge in [-0.3, -0.25) is 9.36 Å². The van der Waals surface area contributed by atoms with E-state index in [2.05, 4.69) is 10.3 Å². The summed E-state index contributed by atoms with van der Waals surface area (Å²) in [5, 5.41) is 11.8. The third-order valence-electron chi connectivity index (χ3n) is 2.77. The molecule has 0 saturated heterocycles. The first-order valence-corrected chi connectivity index (χ1v) is 6.14. The maximum Gasteiger partial charge on any atom is 0.337 e. The number of aromatic nitrogens is 2. The Labute approximate surface area is 114 Å². The molecular formula is C13H15N3O4. The molecule has 0 saturated carbocycles. The molecule has 0 atom stereocenters. The molecule has 0 bridgehead atoms. The number of hydrogen-bond acceptors (Lipinski definition) is 3. The Balaban J connectivity index is 2.52. The normalized spacial score (nSPS) is 10.9. The van der Waals surface area contributed by atoms with Crippen LogP contribution in [0, 0.1) is 0 Å². The van der Waals surface area contributed by atoms with Crippen molar-refractivity contribution >= 4 is 22.9 Å². The lowest BCUT2D eigenvalue weighted by molar-refractivity contribution is -0.122. The van der Waals surface area contributed by atoms with E-state index < -0.39 is 11.7 Å². The van der Waals surface area contributed by atoms with Crippen LogP contribution in [0.3, 0.4) is 0 Å². The maximum absolute atomic E-state index is 11.9. The fourth-order valence-corrected chi connectivity index (χ4v) is 2.05. The number of carbonyl (C=O) groups is 2. The van der Waals surface area contributed by atoms with Crippen LogP contribution < -0.4 is 11.0 Å². The lowest BCUT2D eigenvalue weighted by Gasteiger charge is -2.09. The van der Waals surface area contributed by atoms with Crippen molar-refractivity contribution < 1.29 is 14.7 Å². The first kappa shape index (κ1) is 13.9. The number of nitrogens with one attached hydrogen (secondary N) is 2. The van der Waals surface area contributed by atoms with E-state index in [1.165, 1.54) is 6.07 Å². The van der Waals surface area contributed by atoms with Crippen LogP contribution in [0.1, 0.15) is 24.2 Å². The Bertz CT molecular complexity index is 727. The van der Waals surface area contributed by atoms with Gasteiger partial charge in [-0.15, -0.1) is 0 Å². The van der Waals surface area contributed by atoms with Gasteiger partial charge in [0.1, 0.15) is 6.54 Å². The van der Waals surface area contributed by atoms with Gasteiger partial charge in [0.2, 0.25) is 5.91 Å². The van der Waals surface area contributed by atoms with Gasteiger partial charge in [-0.05, 0) is 26.0 Å². The highest BCUT2D eigenvalue weighted by Gasteiger charge is 2.17. The maximum atomic E-state index is 11.9. The zero-order chi connectivity index (χ0) is 14.9. The van der Waals surface area contributed by atoms with Gasteiger partial charge < -0.3 is 15.4 Å². The van der Waals surface area contributed by atoms with Crippen LogP contribution in [0.15, 0.2) is 23.0 Å². The van der Waals surface area contributed by atoms with Crippen molar-refractivity contribution in [2.24, 2.45) is 0 Å². The van der Waals surface area contributed by atoms with Crippen molar-refractivity contribution in [3.63, 3.8) is 0 Å². The molecular weight excluding hydrogens is 262 g/mol. The minimum atomic E-state index is -1.15. The highest BCUT2D eigenvalue weighted by Crippen LogP contribution is 2.15. The quantitative estimate of drug-likeness (QED) is 0.759. The Morgan fingerprint density at radius 1 is 1.40 bits per heavy atom. The van der Waals surface area contributed by atoms with Gasteiger partial charge in [0.15, 0.2) is 0 Å². The van der Waals surface area contributed by atoms with E-state index in [0.29, 0.717) is 5.52 Å². The predicted octanol–water partition coefficient (Wildman–Crippen LogP) is 0.552. The summed E-state index contributed by atoms with van der Waals surface area (Å²) >= 11 is 0. The minimum Gasteiger partial charge on any atom is -0.478 e. The zero-order valence-electron chi connectivity index (χ0n) is 11.1. The Morgan fingerprint density at radius 3 is 2.70 bits per heavy atom. The van der Waals surface area contributed by atoms with E-state index >= 15 is 0 Å². The Hall–Kier alpha value is -2.57. The summed E-state index contributed by atoms with van der Waals surface area (Å²) in [5.74, 6) is -1.49. The SMILES string of the molecule is CC(C)NC(=O)Cn1c(=O)[nH]c2cccc(C(=O)O)c21. The van der Waals surface area contributed by atoms with E-state index in [-0.39, 0.29) is 29.6 Å². The second-order valence-electron chi connectivity index (χ2n) is 4.75. The van der Waals surface area contributed by atoms with E-state index in [9.17, 15) is 14.4 Å². The fourth-order valence-electron chi connectivity index (χ4n) is 2.05. The summed E-state index contributed by atoms with van der Waals surface area (Å²) in [7, 11) is 0. The summed E-state index contributed by atoms with van der Waals surface area (Å²) < 4.78 is 1.14. The predicted molar refractivity (Wildman–Crippen MR) is 72.8 cm³/mol. The van der Waals surface area contributed by atoms with Gasteiger partial charge >= 0.3 is 11.7 Å². The molecule has 0 radical (unpaired) electrons. The van der Waals surface area contributed by atoms with Crippen LogP contribution >= 0.6 is 0 Å². The van der Waals surface area contributed by atoms with Gasteiger partial charge in [0.25, 0.3) is 0 Å². The van der Waals surface area contributed by atoms with Crippen LogP contribution in [0.5, 0.6) is 0 Å². The number of rotatable bonds is 4. The van der Waals surface area contributed by atoms with Gasteiger partial charge in [-0.1, -0.05) is 6.07 Å². The van der Waals surface area contributed by atoms with Crippen molar-refractivity contribution in [1.29, 1.82) is 0 Å². The van der Waals surface area contributed by atoms with Gasteiger partial charge in [0, 0.05) is 6.04 Å². The third-order valence-corrected chi connectivity index (χ3v) is 2.77. The molecule has 0 fully saturated rings. The largest absolute Gasteiger partial charge is 0.478 e. The number of para-hydroxylation sites is 1. The molecule has 0 aliphatic heterocycles. The highest BCUT2D eigenvalue weighted by molar-refractivity contribution is 6.01. The van der Waals surface area contributed by atoms with Crippen molar-refractivity contribution in [1.82, 2.24) is 14.9 Å². The molecule has 7 heteroatoms. The molecule has 2 rings (SSSR count). The van der Waals surface area contributed by atoms with Crippen LogP contribution in [0.4, 0.5) is 0 Å². The number of imidazole rings is 1. The summed E-state index contributed by atoms with van der Waals surface area (Å²) in [6.07, 6.45) is 0. The number of aromatic amines is 1. The number of hydrogen-bond donors (Lipinski definition) is 3. The second-order valence-corrected chi connectivity index (χ2v) is 4.75. The number of H-pyrrole nitrogens is 1. The van der Waals surface area contributed by atoms with Crippen LogP contribution in [-0.2, 0) is 11.3 Å². The van der Waals surface area contributed by atoms with Gasteiger partial charge in [0.05, 0.1) is 16.6 Å². The molecule has 0 aliphatic carbocycles. The standard InChI is InChI=1S/C13H15N3O4/c1-7(2)14-10(17)6-16-11-8(12(18)19)4-3-5-9(11)15-13(16)20/h3-5,7H,6H2,1-2H3,(H,14,17)(H,15,20)(H,18,19). The van der Waals surface area contributed by atoms with Crippen molar-refractivity contribution in [3.05, 3.63) is 34.2 Å². The molecule has 0 aliphatic rings. The fraction of sp³-hybridized carbons (Fsp3) is 0.308. The Morgan fingerprint density at radius 2 is 2.10 bits per heavy atom. The van der Waals surface area contributed by atoms with E-state index in [0.717, 1.165) is 4.57 Å². The summed E-state index contributed by atoms with van der Waals surface area (Å²) in [6.45, 7) is 3.39. The molecule has 1 amide bonds. The monoisotopic (exact) mass is 277 g/mol. The molecule has 106 valence electrons. The molecule has 1 aromatic carbocycles. The molecule has 0 spiro atoms. The van der Waals surface area contributed by atoms with Crippen LogP contribution in [0.25, 0.3) is 11.0 Å². The number of carbonyl (C=O) groups excluding carboxylic acids is 1. The van der Waals surface area contributed by atoms with Crippen molar-refractivity contribution in [2.75, 3.05) is 0 Å². The topological polar surface area (TPSA) is 104 Å². The summed E-state index contributed by atoms with van der Waals surface area (Å²) in [5.41, 5.74) is 0.0990. The lowest BCUT2D eigenvalue weighted by Crippen LogP contribution is -2.35. The first-order valence-electron chi connectivity index (χ1n) is 6.14. The van der Waals surface area contributed by atoms with E-state index in [4.69, 9.17) is 5.11 Å². The van der Waals surface area contributed by atoms with Crippen LogP contribution in [-0.4, -0.2) is 32.6 Å². The molecule has 2 aromatic rings. The number of benzene rings is 1. The number of amides is 1. The zero-order valence-corrected chi connectivity index (χ0v) is 11.1. The molecule has 20 heavy (non-hydrogen) atoms. The molecule has 7 nitrogen and oxygen atoms in total. The molecule has 1 heterocycles. The average molecular weight is 277 g/mol. The number of carboxylic acids is 1. The number of nitrogens with zero attached hydrogens (tertiary/aromatic N) is 1. The average Bonchev–Trinajstić information content (AvgIpc) is 2.64.